The van der Waals surface area contributed by atoms with Gasteiger partial charge in [-0.05, 0) is 27.7 Å². The van der Waals surface area contributed by atoms with Crippen LogP contribution in [-0.2, 0) is 14.2 Å². The highest BCUT2D eigenvalue weighted by atomic mass is 33.1. The number of ether oxygens (including phenoxy) is 3. The van der Waals surface area contributed by atoms with Gasteiger partial charge in [-0.25, -0.2) is 9.59 Å². The van der Waals surface area contributed by atoms with Gasteiger partial charge in [-0.2, -0.15) is 0 Å². The van der Waals surface area contributed by atoms with E-state index in [1.54, 1.807) is 0 Å². The fraction of sp³-hybridized carbons (Fsp3) is 0.867. The van der Waals surface area contributed by atoms with E-state index in [4.69, 9.17) is 14.2 Å². The van der Waals surface area contributed by atoms with Crippen LogP contribution < -0.4 is 0 Å². The molecule has 0 bridgehead atoms. The Morgan fingerprint density at radius 2 is 1.36 bits per heavy atom. The van der Waals surface area contributed by atoms with E-state index in [1.807, 2.05) is 27.7 Å². The zero-order chi connectivity index (χ0) is 18.7. The highest BCUT2D eigenvalue weighted by molar-refractivity contribution is 8.82. The largest absolute Gasteiger partial charge is 0.454 e. The van der Waals surface area contributed by atoms with Gasteiger partial charge in [0.2, 0.25) is 0 Å². The fourth-order valence-corrected chi connectivity index (χ4v) is 6.02. The number of rotatable bonds is 9. The van der Waals surface area contributed by atoms with Crippen molar-refractivity contribution in [1.29, 1.82) is 0 Å². The van der Waals surface area contributed by atoms with Crippen molar-refractivity contribution in [2.24, 2.45) is 0 Å². The highest BCUT2D eigenvalue weighted by Crippen LogP contribution is 2.31. The predicted molar refractivity (Wildman–Crippen MR) is 110 cm³/mol. The first-order chi connectivity index (χ1) is 11.9. The Morgan fingerprint density at radius 3 is 1.76 bits per heavy atom. The van der Waals surface area contributed by atoms with E-state index in [2.05, 4.69) is 4.90 Å². The average Bonchev–Trinajstić information content (AvgIpc) is 2.53. The molecule has 0 N–H and O–H groups in total. The van der Waals surface area contributed by atoms with Gasteiger partial charge < -0.3 is 14.2 Å². The molecule has 0 aromatic heterocycles. The highest BCUT2D eigenvalue weighted by Gasteiger charge is 2.23. The van der Waals surface area contributed by atoms with Crippen LogP contribution in [-0.4, -0.2) is 71.6 Å². The molecule has 1 aliphatic rings. The number of carbonyl (C=O) groups excluding carboxylic acids is 2. The third kappa shape index (κ3) is 11.6. The lowest BCUT2D eigenvalue weighted by atomic mass is 10.3. The summed E-state index contributed by atoms with van der Waals surface area (Å²) in [5, 5.41) is -0.522. The molecule has 1 aliphatic heterocycles. The first-order valence-electron chi connectivity index (χ1n) is 8.20. The van der Waals surface area contributed by atoms with E-state index in [9.17, 15) is 9.59 Å². The van der Waals surface area contributed by atoms with Gasteiger partial charge in [-0.3, -0.25) is 4.90 Å². The monoisotopic (exact) mass is 429 g/mol. The van der Waals surface area contributed by atoms with Gasteiger partial charge in [0, 0.05) is 52.2 Å². The third-order valence-corrected chi connectivity index (χ3v) is 7.08. The van der Waals surface area contributed by atoms with Crippen molar-refractivity contribution >= 4 is 53.8 Å². The normalized spacial score (nSPS) is 15.8. The maximum absolute atomic E-state index is 11.6. The van der Waals surface area contributed by atoms with E-state index < -0.39 is 0 Å². The summed E-state index contributed by atoms with van der Waals surface area (Å²) in [7, 11) is 5.26. The van der Waals surface area contributed by atoms with Crippen molar-refractivity contribution < 1.29 is 23.8 Å². The molecule has 1 fully saturated rings. The molecule has 0 unspecified atom stereocenters. The molecule has 6 nitrogen and oxygen atoms in total. The summed E-state index contributed by atoms with van der Waals surface area (Å²) in [6.45, 7) is 10.5. The second-order valence-corrected chi connectivity index (χ2v) is 10.4. The molecule has 25 heavy (non-hydrogen) atoms. The zero-order valence-electron chi connectivity index (χ0n) is 15.1. The Bertz CT molecular complexity index is 377. The van der Waals surface area contributed by atoms with Crippen molar-refractivity contribution in [3.05, 3.63) is 0 Å². The lowest BCUT2D eigenvalue weighted by molar-refractivity contribution is 0.0255. The van der Waals surface area contributed by atoms with Crippen molar-refractivity contribution in [2.45, 2.75) is 45.9 Å². The van der Waals surface area contributed by atoms with Gasteiger partial charge in [-0.15, -0.1) is 0 Å². The Hall–Kier alpha value is 0.260. The van der Waals surface area contributed by atoms with Gasteiger partial charge in [0.05, 0.1) is 25.4 Å². The predicted octanol–water partition coefficient (Wildman–Crippen LogP) is 4.54. The van der Waals surface area contributed by atoms with Crippen LogP contribution >= 0.6 is 43.2 Å². The molecule has 0 saturated carbocycles. The molecule has 1 rings (SSSR count). The van der Waals surface area contributed by atoms with E-state index in [0.29, 0.717) is 0 Å². The lowest BCUT2D eigenvalue weighted by Crippen LogP contribution is -2.45. The fourth-order valence-electron chi connectivity index (χ4n) is 1.95. The van der Waals surface area contributed by atoms with Crippen LogP contribution in [0, 0.1) is 0 Å². The first kappa shape index (κ1) is 23.3. The number of hydrogen-bond acceptors (Lipinski definition) is 10. The molecule has 0 amide bonds. The minimum atomic E-state index is -0.261. The number of morpholine rings is 1. The molecule has 1 saturated heterocycles. The molecule has 1 heterocycles. The molecular formula is C15H27NO5S4. The molecule has 10 heteroatoms. The Balaban J connectivity index is 2.38. The molecule has 0 aromatic rings. The number of nitrogens with zero attached hydrogens (tertiary/aromatic N) is 1. The van der Waals surface area contributed by atoms with Gasteiger partial charge in [0.1, 0.15) is 0 Å². The minimum absolute atomic E-state index is 0.102. The lowest BCUT2D eigenvalue weighted by Gasteiger charge is -2.33. The molecule has 0 aromatic carbocycles. The van der Waals surface area contributed by atoms with Crippen LogP contribution in [0.5, 0.6) is 0 Å². The summed E-state index contributed by atoms with van der Waals surface area (Å²) >= 11 is 0. The summed E-state index contributed by atoms with van der Waals surface area (Å²) in [4.78, 5) is 25.6. The van der Waals surface area contributed by atoms with Crippen molar-refractivity contribution in [3.63, 3.8) is 0 Å². The second kappa shape index (κ2) is 13.4. The minimum Gasteiger partial charge on any atom is -0.454 e. The molecule has 146 valence electrons. The maximum atomic E-state index is 11.6. The van der Waals surface area contributed by atoms with E-state index in [-0.39, 0.29) is 28.9 Å². The van der Waals surface area contributed by atoms with Crippen LogP contribution in [0.2, 0.25) is 0 Å². The van der Waals surface area contributed by atoms with Crippen molar-refractivity contribution in [3.8, 4) is 0 Å². The van der Waals surface area contributed by atoms with Crippen LogP contribution in [0.1, 0.15) is 27.7 Å². The summed E-state index contributed by atoms with van der Waals surface area (Å²) < 4.78 is 15.7. The van der Waals surface area contributed by atoms with E-state index in [0.717, 1.165) is 59.4 Å². The van der Waals surface area contributed by atoms with Crippen molar-refractivity contribution in [1.82, 2.24) is 4.90 Å². The van der Waals surface area contributed by atoms with Crippen LogP contribution in [0.4, 0.5) is 9.59 Å². The average molecular weight is 430 g/mol. The molecule has 0 aliphatic carbocycles. The number of carbonyl (C=O) groups is 2. The summed E-state index contributed by atoms with van der Waals surface area (Å²) in [5.41, 5.74) is 0. The maximum Gasteiger partial charge on any atom is 0.378 e. The SMILES string of the molecule is CC(C)OC(=O)SSCC(CSSC(=O)OC(C)C)N1CCOCC1. The van der Waals surface area contributed by atoms with Gasteiger partial charge in [0.15, 0.2) is 0 Å². The molecular weight excluding hydrogens is 402 g/mol. The standard InChI is InChI=1S/C15H27NO5S4/c1-11(2)20-14(17)24-22-9-13(16-5-7-19-8-6-16)10-23-25-15(18)21-12(3)4/h11-13H,5-10H2,1-4H3. The molecule has 0 radical (unpaired) electrons. The first-order valence-corrected chi connectivity index (χ1v) is 12.8. The van der Waals surface area contributed by atoms with Gasteiger partial charge >= 0.3 is 10.6 Å². The molecule has 0 atom stereocenters. The van der Waals surface area contributed by atoms with Crippen LogP contribution in [0.25, 0.3) is 0 Å². The Morgan fingerprint density at radius 1 is 0.920 bits per heavy atom. The Labute approximate surface area is 166 Å². The smallest absolute Gasteiger partial charge is 0.378 e. The Kier molecular flexibility index (Phi) is 12.5. The summed E-state index contributed by atoms with van der Waals surface area (Å²) in [6, 6.07) is 0.262. The summed E-state index contributed by atoms with van der Waals surface area (Å²) in [6.07, 6.45) is -0.205. The molecule has 0 spiro atoms. The zero-order valence-corrected chi connectivity index (χ0v) is 18.4. The van der Waals surface area contributed by atoms with E-state index >= 15 is 0 Å². The second-order valence-electron chi connectivity index (χ2n) is 5.87. The third-order valence-electron chi connectivity index (χ3n) is 3.00. The van der Waals surface area contributed by atoms with Crippen LogP contribution in [0.15, 0.2) is 0 Å². The van der Waals surface area contributed by atoms with Gasteiger partial charge in [-0.1, -0.05) is 21.6 Å². The van der Waals surface area contributed by atoms with E-state index in [1.165, 1.54) is 21.6 Å². The van der Waals surface area contributed by atoms with Gasteiger partial charge in [0.25, 0.3) is 0 Å². The summed E-state index contributed by atoms with van der Waals surface area (Å²) in [5.74, 6) is 1.56. The van der Waals surface area contributed by atoms with Crippen LogP contribution in [0.3, 0.4) is 0 Å². The number of hydrogen-bond donors (Lipinski definition) is 0. The van der Waals surface area contributed by atoms with Crippen molar-refractivity contribution in [2.75, 3.05) is 37.8 Å². The topological polar surface area (TPSA) is 65.1 Å². The quantitative estimate of drug-likeness (QED) is 0.385.